The molecule has 76 valence electrons. The minimum Gasteiger partial charge on any atom is -0.376 e. The Labute approximate surface area is 103 Å². The maximum absolute atomic E-state index is 10.4. The molecule has 0 unspecified atom stereocenters. The van der Waals surface area contributed by atoms with E-state index < -0.39 is 8.69 Å². The first-order valence-electron chi connectivity index (χ1n) is 3.99. The van der Waals surface area contributed by atoms with Crippen molar-refractivity contribution in [2.75, 3.05) is 0 Å². The van der Waals surface area contributed by atoms with Crippen LogP contribution in [0.15, 0.2) is 12.1 Å². The van der Waals surface area contributed by atoms with Crippen LogP contribution < -0.4 is 18.9 Å². The largest absolute Gasteiger partial charge is 1.00 e. The van der Waals surface area contributed by atoms with Crippen LogP contribution in [0.1, 0.15) is 22.3 Å². The minimum absolute atomic E-state index is 0. The molecule has 0 saturated heterocycles. The van der Waals surface area contributed by atoms with Crippen molar-refractivity contribution in [1.29, 1.82) is 0 Å². The van der Waals surface area contributed by atoms with Crippen LogP contribution in [0.25, 0.3) is 0 Å². The zero-order valence-electron chi connectivity index (χ0n) is 9.37. The molecule has 15 heavy (non-hydrogen) atoms. The van der Waals surface area contributed by atoms with Gasteiger partial charge in [-0.25, -0.2) is 4.57 Å². The second-order valence-electron chi connectivity index (χ2n) is 2.96. The van der Waals surface area contributed by atoms with Gasteiger partial charge in [0.2, 0.25) is 0 Å². The average molecular weight is 218 g/mol. The summed E-state index contributed by atoms with van der Waals surface area (Å²) >= 11 is 0. The van der Waals surface area contributed by atoms with Crippen molar-refractivity contribution in [2.45, 2.75) is 20.8 Å². The van der Waals surface area contributed by atoms with Crippen LogP contribution in [0.3, 0.4) is 0 Å². The van der Waals surface area contributed by atoms with Gasteiger partial charge in [-0.15, -0.1) is 28.8 Å². The molecular weight excluding hydrogens is 206 g/mol. The van der Waals surface area contributed by atoms with E-state index in [0.29, 0.717) is 5.56 Å². The van der Waals surface area contributed by atoms with Crippen LogP contribution in [0.2, 0.25) is 0 Å². The van der Waals surface area contributed by atoms with E-state index in [9.17, 15) is 4.79 Å². The van der Waals surface area contributed by atoms with Gasteiger partial charge in [-0.05, 0) is 6.92 Å². The van der Waals surface area contributed by atoms with Gasteiger partial charge in [0, 0.05) is 0 Å². The molecule has 0 aliphatic carbocycles. The third-order valence-electron chi connectivity index (χ3n) is 1.78. The molecular formula is C10H12LiO3P. The fourth-order valence-electron chi connectivity index (χ4n) is 1.34. The number of hydrogen-bond donors (Lipinski definition) is 1. The molecule has 0 spiro atoms. The van der Waals surface area contributed by atoms with E-state index in [2.05, 4.69) is 0 Å². The fourth-order valence-corrected chi connectivity index (χ4v) is 1.34. The summed E-state index contributed by atoms with van der Waals surface area (Å²) in [4.78, 5) is 17.4. The first-order chi connectivity index (χ1) is 6.56. The third-order valence-corrected chi connectivity index (χ3v) is 1.78. The molecule has 1 rings (SSSR count). The molecule has 1 aromatic carbocycles. The summed E-state index contributed by atoms with van der Waals surface area (Å²) in [5.74, 6) is 0. The van der Waals surface area contributed by atoms with Gasteiger partial charge in [-0.1, -0.05) is 19.4 Å². The van der Waals surface area contributed by atoms with Crippen molar-refractivity contribution in [1.82, 2.24) is 0 Å². The Balaban J connectivity index is 0. The molecule has 0 amide bonds. The molecule has 0 saturated carbocycles. The van der Waals surface area contributed by atoms with Gasteiger partial charge in [-0.3, -0.25) is 0 Å². The van der Waals surface area contributed by atoms with Crippen LogP contribution >= 0.6 is 8.69 Å². The molecule has 0 aliphatic heterocycles. The summed E-state index contributed by atoms with van der Waals surface area (Å²) < 4.78 is 8.46. The normalized spacial score (nSPS) is 8.53. The zero-order chi connectivity index (χ0) is 11.1. The first kappa shape index (κ1) is 17.0. The van der Waals surface area contributed by atoms with E-state index in [1.165, 1.54) is 5.56 Å². The van der Waals surface area contributed by atoms with E-state index in [0.717, 1.165) is 11.1 Å². The molecule has 3 nitrogen and oxygen atoms in total. The molecule has 0 fully saturated rings. The van der Waals surface area contributed by atoms with E-state index in [-0.39, 0.29) is 18.9 Å². The predicted octanol–water partition coefficient (Wildman–Crippen LogP) is -0.741. The van der Waals surface area contributed by atoms with Crippen LogP contribution in [-0.4, -0.2) is 11.2 Å². The number of rotatable bonds is 1. The molecule has 5 heteroatoms. The number of carbonyl (C=O) groups excluding carboxylic acids is 1. The minimum atomic E-state index is -0.833. The van der Waals surface area contributed by atoms with Gasteiger partial charge in [-0.2, -0.15) is 0 Å². The van der Waals surface area contributed by atoms with Gasteiger partial charge in [0.15, 0.2) is 0 Å². The molecule has 0 radical (unpaired) electrons. The molecule has 0 heterocycles. The van der Waals surface area contributed by atoms with Crippen LogP contribution in [0.4, 0.5) is 0 Å². The van der Waals surface area contributed by atoms with E-state index in [1.807, 2.05) is 39.2 Å². The quantitative estimate of drug-likeness (QED) is 0.383. The summed E-state index contributed by atoms with van der Waals surface area (Å²) in [7, 11) is -0.833. The Morgan fingerprint density at radius 1 is 1.20 bits per heavy atom. The Hall–Kier alpha value is -0.453. The van der Waals surface area contributed by atoms with Crippen molar-refractivity contribution < 1.29 is 33.1 Å². The van der Waals surface area contributed by atoms with E-state index in [4.69, 9.17) is 9.46 Å². The molecule has 0 aromatic heterocycles. The van der Waals surface area contributed by atoms with Crippen molar-refractivity contribution >= 4 is 15.0 Å². The van der Waals surface area contributed by atoms with Gasteiger partial charge in [0.1, 0.15) is 0 Å². The number of benzene rings is 1. The molecule has 0 atom stereocenters. The van der Waals surface area contributed by atoms with Crippen molar-refractivity contribution in [3.05, 3.63) is 34.4 Å². The Bertz CT molecular complexity index is 316. The smallest absolute Gasteiger partial charge is 0.376 e. The SMILES string of the molecule is Cc1cc(C)c([C-]=O)c(C)c1.O=PO.[Li+]. The van der Waals surface area contributed by atoms with Crippen molar-refractivity contribution in [3.8, 4) is 0 Å². The van der Waals surface area contributed by atoms with Gasteiger partial charge in [0.05, 0.1) is 6.29 Å². The van der Waals surface area contributed by atoms with Gasteiger partial charge >= 0.3 is 27.5 Å². The predicted molar refractivity (Wildman–Crippen MR) is 55.3 cm³/mol. The van der Waals surface area contributed by atoms with Crippen LogP contribution in [-0.2, 0) is 9.36 Å². The van der Waals surface area contributed by atoms with Crippen LogP contribution in [0, 0.1) is 20.8 Å². The maximum Gasteiger partial charge on any atom is 1.00 e. The monoisotopic (exact) mass is 218 g/mol. The summed E-state index contributed by atoms with van der Waals surface area (Å²) in [5, 5.41) is 0. The average Bonchev–Trinajstić information content (AvgIpc) is 2.04. The number of hydrogen-bond acceptors (Lipinski definition) is 2. The third kappa shape index (κ3) is 5.87. The standard InChI is InChI=1S/C10H11O.Li.HO2P/c1-7-4-8(2)10(6-11)9(3)5-7;;1-3-2/h4-5H,1-3H3;;(H,1,2)/q-1;+1;. The summed E-state index contributed by atoms with van der Waals surface area (Å²) in [5.41, 5.74) is 3.92. The van der Waals surface area contributed by atoms with Crippen molar-refractivity contribution in [3.63, 3.8) is 0 Å². The van der Waals surface area contributed by atoms with Crippen LogP contribution in [0.5, 0.6) is 0 Å². The molecule has 0 bridgehead atoms. The Morgan fingerprint density at radius 2 is 1.53 bits per heavy atom. The fraction of sp³-hybridized carbons (Fsp3) is 0.300. The summed E-state index contributed by atoms with van der Waals surface area (Å²) in [6, 6.07) is 3.99. The number of aryl methyl sites for hydroxylation is 3. The topological polar surface area (TPSA) is 54.4 Å². The molecule has 1 aromatic rings. The van der Waals surface area contributed by atoms with Gasteiger partial charge in [0.25, 0.3) is 0 Å². The molecule has 0 aliphatic rings. The van der Waals surface area contributed by atoms with E-state index in [1.54, 1.807) is 0 Å². The zero-order valence-corrected chi connectivity index (χ0v) is 10.3. The second-order valence-corrected chi connectivity index (χ2v) is 3.12. The Morgan fingerprint density at radius 3 is 1.80 bits per heavy atom. The second kappa shape index (κ2) is 8.82. The maximum atomic E-state index is 10.4. The van der Waals surface area contributed by atoms with Gasteiger partial charge < -0.3 is 9.69 Å². The first-order valence-corrected chi connectivity index (χ1v) is 4.76. The molecule has 1 N–H and O–H groups in total. The van der Waals surface area contributed by atoms with E-state index >= 15 is 0 Å². The summed E-state index contributed by atoms with van der Waals surface area (Å²) in [6.45, 7) is 5.88. The Kier molecular flexibility index (Phi) is 9.98. The summed E-state index contributed by atoms with van der Waals surface area (Å²) in [6.07, 6.45) is 1.94. The van der Waals surface area contributed by atoms with Crippen molar-refractivity contribution in [2.24, 2.45) is 0 Å².